The molecule has 0 saturated carbocycles. The number of carboxylic acid groups (broad SMARTS) is 1. The smallest absolute Gasteiger partial charge is 0.337 e. The van der Waals surface area contributed by atoms with Crippen LogP contribution in [0.25, 0.3) is 0 Å². The molecule has 2 rings (SSSR count). The van der Waals surface area contributed by atoms with E-state index >= 15 is 0 Å². The Hall–Kier alpha value is -2.36. The van der Waals surface area contributed by atoms with Crippen molar-refractivity contribution in [3.63, 3.8) is 0 Å². The van der Waals surface area contributed by atoms with E-state index in [1.54, 1.807) is 18.5 Å². The largest absolute Gasteiger partial charge is 0.478 e. The summed E-state index contributed by atoms with van der Waals surface area (Å²) in [4.78, 5) is 17.1. The summed E-state index contributed by atoms with van der Waals surface area (Å²) in [7, 11) is 1.83. The van der Waals surface area contributed by atoms with Gasteiger partial charge in [0, 0.05) is 13.2 Å². The standard InChI is InChI=1S/C14H14N2O2/c1-10-5-6-13(12(8-10)14(17)18)16(2)11-4-3-7-15-9-11/h3-9H,1-2H3,(H,17,18). The first-order valence-electron chi connectivity index (χ1n) is 5.57. The lowest BCUT2D eigenvalue weighted by Crippen LogP contribution is -2.14. The summed E-state index contributed by atoms with van der Waals surface area (Å²) in [5.74, 6) is -0.926. The van der Waals surface area contributed by atoms with E-state index in [1.807, 2.05) is 43.1 Å². The molecule has 0 unspecified atom stereocenters. The third kappa shape index (κ3) is 2.32. The fourth-order valence-corrected chi connectivity index (χ4v) is 1.80. The molecular formula is C14H14N2O2. The maximum atomic E-state index is 11.3. The molecule has 0 bridgehead atoms. The third-order valence-corrected chi connectivity index (χ3v) is 2.78. The highest BCUT2D eigenvalue weighted by Gasteiger charge is 2.14. The molecule has 0 spiro atoms. The van der Waals surface area contributed by atoms with Crippen molar-refractivity contribution < 1.29 is 9.90 Å². The van der Waals surface area contributed by atoms with Gasteiger partial charge in [0.25, 0.3) is 0 Å². The van der Waals surface area contributed by atoms with Gasteiger partial charge >= 0.3 is 5.97 Å². The first-order valence-corrected chi connectivity index (χ1v) is 5.57. The zero-order valence-corrected chi connectivity index (χ0v) is 10.3. The van der Waals surface area contributed by atoms with Gasteiger partial charge in [-0.2, -0.15) is 0 Å². The van der Waals surface area contributed by atoms with Gasteiger partial charge in [0.2, 0.25) is 0 Å². The number of carbonyl (C=O) groups is 1. The van der Waals surface area contributed by atoms with Gasteiger partial charge in [-0.05, 0) is 31.2 Å². The number of hydrogen-bond acceptors (Lipinski definition) is 3. The number of carboxylic acids is 1. The molecule has 0 atom stereocenters. The Morgan fingerprint density at radius 1 is 1.33 bits per heavy atom. The Balaban J connectivity index is 2.48. The van der Waals surface area contributed by atoms with Crippen molar-refractivity contribution >= 4 is 17.3 Å². The van der Waals surface area contributed by atoms with E-state index in [2.05, 4.69) is 4.98 Å². The predicted octanol–water partition coefficient (Wildman–Crippen LogP) is 2.86. The molecule has 0 amide bonds. The van der Waals surface area contributed by atoms with Crippen molar-refractivity contribution in [2.24, 2.45) is 0 Å². The van der Waals surface area contributed by atoms with Gasteiger partial charge < -0.3 is 10.0 Å². The van der Waals surface area contributed by atoms with Crippen LogP contribution >= 0.6 is 0 Å². The molecule has 18 heavy (non-hydrogen) atoms. The van der Waals surface area contributed by atoms with Crippen LogP contribution < -0.4 is 4.90 Å². The van der Waals surface area contributed by atoms with Gasteiger partial charge in [0.15, 0.2) is 0 Å². The highest BCUT2D eigenvalue weighted by Crippen LogP contribution is 2.27. The van der Waals surface area contributed by atoms with E-state index in [0.29, 0.717) is 11.3 Å². The molecule has 1 aromatic heterocycles. The van der Waals surface area contributed by atoms with E-state index in [0.717, 1.165) is 11.3 Å². The van der Waals surface area contributed by atoms with Gasteiger partial charge in [0.05, 0.1) is 23.1 Å². The maximum Gasteiger partial charge on any atom is 0.337 e. The van der Waals surface area contributed by atoms with Gasteiger partial charge in [-0.3, -0.25) is 4.98 Å². The number of rotatable bonds is 3. The Bertz CT molecular complexity index is 567. The average Bonchev–Trinajstić information content (AvgIpc) is 2.39. The van der Waals surface area contributed by atoms with Gasteiger partial charge in [0.1, 0.15) is 0 Å². The number of aryl methyl sites for hydroxylation is 1. The number of anilines is 2. The second-order valence-electron chi connectivity index (χ2n) is 4.10. The second kappa shape index (κ2) is 4.87. The average molecular weight is 242 g/mol. The van der Waals surface area contributed by atoms with Crippen LogP contribution in [0.1, 0.15) is 15.9 Å². The first-order chi connectivity index (χ1) is 8.59. The van der Waals surface area contributed by atoms with E-state index in [1.165, 1.54) is 0 Å². The lowest BCUT2D eigenvalue weighted by molar-refractivity contribution is 0.0697. The van der Waals surface area contributed by atoms with Crippen molar-refractivity contribution in [3.05, 3.63) is 53.9 Å². The summed E-state index contributed by atoms with van der Waals surface area (Å²) in [5, 5.41) is 9.24. The zero-order valence-electron chi connectivity index (χ0n) is 10.3. The molecule has 0 aliphatic heterocycles. The van der Waals surface area contributed by atoms with Crippen molar-refractivity contribution in [2.75, 3.05) is 11.9 Å². The van der Waals surface area contributed by atoms with Crippen LogP contribution in [-0.2, 0) is 0 Å². The van der Waals surface area contributed by atoms with Gasteiger partial charge in [-0.1, -0.05) is 11.6 Å². The third-order valence-electron chi connectivity index (χ3n) is 2.78. The van der Waals surface area contributed by atoms with Crippen molar-refractivity contribution in [2.45, 2.75) is 6.92 Å². The molecule has 0 radical (unpaired) electrons. The number of pyridine rings is 1. The molecule has 1 heterocycles. The van der Waals surface area contributed by atoms with Crippen molar-refractivity contribution in [1.82, 2.24) is 4.98 Å². The second-order valence-corrected chi connectivity index (χ2v) is 4.10. The lowest BCUT2D eigenvalue weighted by Gasteiger charge is -2.21. The zero-order chi connectivity index (χ0) is 13.1. The maximum absolute atomic E-state index is 11.3. The van der Waals surface area contributed by atoms with Crippen molar-refractivity contribution in [1.29, 1.82) is 0 Å². The predicted molar refractivity (Wildman–Crippen MR) is 70.4 cm³/mol. The Morgan fingerprint density at radius 3 is 2.72 bits per heavy atom. The van der Waals surface area contributed by atoms with Gasteiger partial charge in [-0.25, -0.2) is 4.79 Å². The Kier molecular flexibility index (Phi) is 3.28. The lowest BCUT2D eigenvalue weighted by atomic mass is 10.1. The minimum atomic E-state index is -0.926. The van der Waals surface area contributed by atoms with Crippen LogP contribution in [0.15, 0.2) is 42.7 Å². The van der Waals surface area contributed by atoms with Gasteiger partial charge in [-0.15, -0.1) is 0 Å². The normalized spacial score (nSPS) is 10.1. The minimum absolute atomic E-state index is 0.293. The van der Waals surface area contributed by atoms with E-state index in [9.17, 15) is 9.90 Å². The Morgan fingerprint density at radius 2 is 2.11 bits per heavy atom. The molecule has 1 aromatic carbocycles. The topological polar surface area (TPSA) is 53.4 Å². The molecule has 4 nitrogen and oxygen atoms in total. The summed E-state index contributed by atoms with van der Waals surface area (Å²) >= 11 is 0. The number of aromatic nitrogens is 1. The number of nitrogens with zero attached hydrogens (tertiary/aromatic N) is 2. The van der Waals surface area contributed by atoms with E-state index in [-0.39, 0.29) is 0 Å². The number of benzene rings is 1. The number of hydrogen-bond donors (Lipinski definition) is 1. The quantitative estimate of drug-likeness (QED) is 0.899. The molecule has 0 fully saturated rings. The molecule has 4 heteroatoms. The van der Waals surface area contributed by atoms with Crippen LogP contribution in [0.2, 0.25) is 0 Å². The summed E-state index contributed by atoms with van der Waals surface area (Å²) in [5.41, 5.74) is 2.72. The van der Waals surface area contributed by atoms with E-state index in [4.69, 9.17) is 0 Å². The highest BCUT2D eigenvalue weighted by molar-refractivity contribution is 5.95. The summed E-state index contributed by atoms with van der Waals surface area (Å²) in [6.07, 6.45) is 3.38. The SMILES string of the molecule is Cc1ccc(N(C)c2cccnc2)c(C(=O)O)c1. The summed E-state index contributed by atoms with van der Waals surface area (Å²) in [6.45, 7) is 1.88. The van der Waals surface area contributed by atoms with E-state index < -0.39 is 5.97 Å². The highest BCUT2D eigenvalue weighted by atomic mass is 16.4. The first kappa shape index (κ1) is 12.1. The van der Waals surface area contributed by atoms with Crippen LogP contribution in [0, 0.1) is 6.92 Å². The molecule has 92 valence electrons. The molecular weight excluding hydrogens is 228 g/mol. The monoisotopic (exact) mass is 242 g/mol. The van der Waals surface area contributed by atoms with Crippen LogP contribution in [0.3, 0.4) is 0 Å². The Labute approximate surface area is 106 Å². The summed E-state index contributed by atoms with van der Waals surface area (Å²) < 4.78 is 0. The van der Waals surface area contributed by atoms with Crippen LogP contribution in [-0.4, -0.2) is 23.1 Å². The molecule has 2 aromatic rings. The molecule has 0 saturated heterocycles. The van der Waals surface area contributed by atoms with Crippen LogP contribution in [0.5, 0.6) is 0 Å². The fraction of sp³-hybridized carbons (Fsp3) is 0.143. The minimum Gasteiger partial charge on any atom is -0.478 e. The van der Waals surface area contributed by atoms with Crippen molar-refractivity contribution in [3.8, 4) is 0 Å². The molecule has 1 N–H and O–H groups in total. The van der Waals surface area contributed by atoms with Crippen LogP contribution in [0.4, 0.5) is 11.4 Å². The fourth-order valence-electron chi connectivity index (χ4n) is 1.80. The number of aromatic carboxylic acids is 1. The molecule has 0 aliphatic carbocycles. The molecule has 0 aliphatic rings. The summed E-state index contributed by atoms with van der Waals surface area (Å²) in [6, 6.07) is 9.09.